The number of carbonyl (C=O) groups is 1. The summed E-state index contributed by atoms with van der Waals surface area (Å²) in [7, 11) is 0. The van der Waals surface area contributed by atoms with E-state index in [0.717, 1.165) is 13.1 Å². The van der Waals surface area contributed by atoms with E-state index in [1.165, 1.54) is 5.56 Å². The minimum absolute atomic E-state index is 0.0654. The van der Waals surface area contributed by atoms with Gasteiger partial charge in [0.25, 0.3) is 0 Å². The lowest BCUT2D eigenvalue weighted by molar-refractivity contribution is -0.124. The van der Waals surface area contributed by atoms with Gasteiger partial charge in [-0.3, -0.25) is 9.69 Å². The third-order valence-electron chi connectivity index (χ3n) is 3.85. The molecule has 1 amide bonds. The van der Waals surface area contributed by atoms with Gasteiger partial charge in [-0.25, -0.2) is 0 Å². The molecule has 0 radical (unpaired) electrons. The number of amides is 1. The number of benzene rings is 1. The van der Waals surface area contributed by atoms with Crippen LogP contribution in [0.4, 0.5) is 0 Å². The van der Waals surface area contributed by atoms with Crippen LogP contribution >= 0.6 is 0 Å². The molecule has 0 fully saturated rings. The number of hydrogen-bond acceptors (Lipinski definition) is 3. The van der Waals surface area contributed by atoms with E-state index in [4.69, 9.17) is 0 Å². The van der Waals surface area contributed by atoms with Gasteiger partial charge in [0, 0.05) is 6.54 Å². The van der Waals surface area contributed by atoms with Crippen molar-refractivity contribution in [1.29, 1.82) is 5.26 Å². The Morgan fingerprint density at radius 3 is 2.48 bits per heavy atom. The van der Waals surface area contributed by atoms with Crippen molar-refractivity contribution in [2.75, 3.05) is 13.1 Å². The predicted molar refractivity (Wildman–Crippen MR) is 84.4 cm³/mol. The second-order valence-corrected chi connectivity index (χ2v) is 5.81. The summed E-state index contributed by atoms with van der Waals surface area (Å²) >= 11 is 0. The highest BCUT2D eigenvalue weighted by Crippen LogP contribution is 2.15. The van der Waals surface area contributed by atoms with Gasteiger partial charge in [-0.15, -0.1) is 0 Å². The van der Waals surface area contributed by atoms with Crippen LogP contribution in [-0.2, 0) is 11.3 Å². The second kappa shape index (κ2) is 7.80. The molecule has 1 unspecified atom stereocenters. The molecule has 0 bridgehead atoms. The summed E-state index contributed by atoms with van der Waals surface area (Å²) in [4.78, 5) is 14.2. The fourth-order valence-corrected chi connectivity index (χ4v) is 1.95. The Morgan fingerprint density at radius 1 is 1.38 bits per heavy atom. The minimum atomic E-state index is -0.816. The van der Waals surface area contributed by atoms with E-state index in [-0.39, 0.29) is 11.8 Å². The van der Waals surface area contributed by atoms with Crippen LogP contribution < -0.4 is 5.32 Å². The summed E-state index contributed by atoms with van der Waals surface area (Å²) < 4.78 is 0. The average Bonchev–Trinajstić information content (AvgIpc) is 2.47. The summed E-state index contributed by atoms with van der Waals surface area (Å²) in [6.45, 7) is 9.49. The van der Waals surface area contributed by atoms with Crippen molar-refractivity contribution in [3.63, 3.8) is 0 Å². The van der Waals surface area contributed by atoms with Crippen LogP contribution in [0.25, 0.3) is 0 Å². The highest BCUT2D eigenvalue weighted by atomic mass is 16.2. The normalized spacial score (nSPS) is 13.8. The molecule has 0 aliphatic rings. The monoisotopic (exact) mass is 287 g/mol. The van der Waals surface area contributed by atoms with Crippen molar-refractivity contribution in [3.8, 4) is 6.07 Å². The quantitative estimate of drug-likeness (QED) is 0.838. The fraction of sp³-hybridized carbons (Fsp3) is 0.529. The lowest BCUT2D eigenvalue weighted by atomic mass is 9.90. The van der Waals surface area contributed by atoms with E-state index < -0.39 is 5.54 Å². The van der Waals surface area contributed by atoms with Crippen molar-refractivity contribution >= 4 is 5.91 Å². The van der Waals surface area contributed by atoms with E-state index in [1.54, 1.807) is 6.92 Å². The Balaban J connectivity index is 2.61. The standard InChI is InChI=1S/C17H25N3O/c1-5-20(11-15-9-7-6-8-10-15)12-16(21)19-17(4,13-18)14(2)3/h6-10,14H,5,11-12H2,1-4H3,(H,19,21). The summed E-state index contributed by atoms with van der Waals surface area (Å²) in [5.74, 6) is -0.0406. The predicted octanol–water partition coefficient (Wildman–Crippen LogP) is 2.56. The maximum atomic E-state index is 12.2. The Hall–Kier alpha value is -1.86. The Morgan fingerprint density at radius 2 is 2.00 bits per heavy atom. The molecule has 1 aromatic rings. The van der Waals surface area contributed by atoms with Gasteiger partial charge < -0.3 is 5.32 Å². The van der Waals surface area contributed by atoms with Gasteiger partial charge in [-0.05, 0) is 24.9 Å². The first-order chi connectivity index (χ1) is 9.91. The number of carbonyl (C=O) groups excluding carboxylic acids is 1. The second-order valence-electron chi connectivity index (χ2n) is 5.81. The maximum absolute atomic E-state index is 12.2. The summed E-state index contributed by atoms with van der Waals surface area (Å²) in [5, 5.41) is 12.1. The molecule has 1 aromatic carbocycles. The fourth-order valence-electron chi connectivity index (χ4n) is 1.95. The Bertz CT molecular complexity index is 493. The van der Waals surface area contributed by atoms with Crippen LogP contribution in [0.5, 0.6) is 0 Å². The SMILES string of the molecule is CCN(CC(=O)NC(C)(C#N)C(C)C)Cc1ccccc1. The zero-order valence-corrected chi connectivity index (χ0v) is 13.4. The topological polar surface area (TPSA) is 56.1 Å². The Labute approximate surface area is 127 Å². The zero-order valence-electron chi connectivity index (χ0n) is 13.4. The molecule has 4 heteroatoms. The number of nitriles is 1. The molecular weight excluding hydrogens is 262 g/mol. The van der Waals surface area contributed by atoms with Gasteiger partial charge in [0.15, 0.2) is 0 Å². The molecule has 0 spiro atoms. The Kier molecular flexibility index (Phi) is 6.39. The number of likely N-dealkylation sites (N-methyl/N-ethyl adjacent to an activating group) is 1. The first-order valence-corrected chi connectivity index (χ1v) is 7.39. The molecule has 0 heterocycles. The van der Waals surface area contributed by atoms with Crippen LogP contribution in [0.15, 0.2) is 30.3 Å². The molecule has 0 saturated carbocycles. The first-order valence-electron chi connectivity index (χ1n) is 7.39. The van der Waals surface area contributed by atoms with Gasteiger partial charge in [0.1, 0.15) is 5.54 Å². The van der Waals surface area contributed by atoms with Crippen molar-refractivity contribution in [2.45, 2.75) is 39.8 Å². The number of hydrogen-bond donors (Lipinski definition) is 1. The lowest BCUT2D eigenvalue weighted by Gasteiger charge is -2.29. The lowest BCUT2D eigenvalue weighted by Crippen LogP contribution is -2.51. The molecule has 21 heavy (non-hydrogen) atoms. The van der Waals surface area contributed by atoms with E-state index in [0.29, 0.717) is 6.54 Å². The van der Waals surface area contributed by atoms with Gasteiger partial charge in [0.2, 0.25) is 5.91 Å². The molecule has 1 rings (SSSR count). The van der Waals surface area contributed by atoms with Gasteiger partial charge in [-0.1, -0.05) is 51.1 Å². The first kappa shape index (κ1) is 17.2. The van der Waals surface area contributed by atoms with Gasteiger partial charge >= 0.3 is 0 Å². The molecule has 0 aliphatic carbocycles. The van der Waals surface area contributed by atoms with Crippen LogP contribution in [0.2, 0.25) is 0 Å². The minimum Gasteiger partial charge on any atom is -0.337 e. The highest BCUT2D eigenvalue weighted by Gasteiger charge is 2.30. The molecule has 0 aliphatic heterocycles. The smallest absolute Gasteiger partial charge is 0.235 e. The van der Waals surface area contributed by atoms with Crippen molar-refractivity contribution in [2.24, 2.45) is 5.92 Å². The van der Waals surface area contributed by atoms with E-state index >= 15 is 0 Å². The zero-order chi connectivity index (χ0) is 15.9. The van der Waals surface area contributed by atoms with Gasteiger partial charge in [0.05, 0.1) is 12.6 Å². The molecule has 4 nitrogen and oxygen atoms in total. The van der Waals surface area contributed by atoms with E-state index in [1.807, 2.05) is 51.1 Å². The number of rotatable bonds is 7. The maximum Gasteiger partial charge on any atom is 0.235 e. The summed E-state index contributed by atoms with van der Waals surface area (Å²) in [5.41, 5.74) is 0.363. The third kappa shape index (κ3) is 5.20. The van der Waals surface area contributed by atoms with Crippen molar-refractivity contribution in [3.05, 3.63) is 35.9 Å². The van der Waals surface area contributed by atoms with E-state index in [9.17, 15) is 10.1 Å². The number of nitrogens with zero attached hydrogens (tertiary/aromatic N) is 2. The molecule has 1 atom stereocenters. The molecule has 114 valence electrons. The van der Waals surface area contributed by atoms with Gasteiger partial charge in [-0.2, -0.15) is 5.26 Å². The van der Waals surface area contributed by atoms with Crippen LogP contribution in [0, 0.1) is 17.2 Å². The average molecular weight is 287 g/mol. The number of nitrogens with one attached hydrogen (secondary N) is 1. The molecule has 1 N–H and O–H groups in total. The van der Waals surface area contributed by atoms with Crippen LogP contribution in [-0.4, -0.2) is 29.4 Å². The largest absolute Gasteiger partial charge is 0.337 e. The summed E-state index contributed by atoms with van der Waals surface area (Å²) in [6.07, 6.45) is 0. The van der Waals surface area contributed by atoms with Crippen LogP contribution in [0.3, 0.4) is 0 Å². The molecule has 0 saturated heterocycles. The van der Waals surface area contributed by atoms with Crippen molar-refractivity contribution < 1.29 is 4.79 Å². The summed E-state index contributed by atoms with van der Waals surface area (Å²) in [6, 6.07) is 12.3. The highest BCUT2D eigenvalue weighted by molar-refractivity contribution is 5.79. The third-order valence-corrected chi connectivity index (χ3v) is 3.85. The van der Waals surface area contributed by atoms with Crippen LogP contribution in [0.1, 0.15) is 33.3 Å². The molecular formula is C17H25N3O. The van der Waals surface area contributed by atoms with E-state index in [2.05, 4.69) is 16.3 Å². The van der Waals surface area contributed by atoms with Crippen molar-refractivity contribution in [1.82, 2.24) is 10.2 Å². The molecule has 0 aromatic heterocycles.